The van der Waals surface area contributed by atoms with Crippen molar-refractivity contribution in [3.05, 3.63) is 23.8 Å². The van der Waals surface area contributed by atoms with Crippen LogP contribution in [0.5, 0.6) is 0 Å². The van der Waals surface area contributed by atoms with Gasteiger partial charge in [0.2, 0.25) is 0 Å². The van der Waals surface area contributed by atoms with Gasteiger partial charge >= 0.3 is 0 Å². The largest absolute Gasteiger partial charge is 0.396 e. The maximum atomic E-state index is 9.51. The molecular formula is C15H23N3O. The average Bonchev–Trinajstić information content (AvgIpc) is 2.45. The lowest BCUT2D eigenvalue weighted by Gasteiger charge is -2.47. The molecule has 0 aromatic carbocycles. The number of fused-ring (bicyclic) bond motifs is 2. The molecule has 0 bridgehead atoms. The molecule has 104 valence electrons. The first kappa shape index (κ1) is 13.0. The summed E-state index contributed by atoms with van der Waals surface area (Å²) in [6.45, 7) is 4.74. The molecule has 1 aliphatic heterocycles. The minimum atomic E-state index is 0.320. The maximum absolute atomic E-state index is 9.51. The van der Waals surface area contributed by atoms with Crippen LogP contribution in [-0.4, -0.2) is 45.7 Å². The Morgan fingerprint density at radius 3 is 3.11 bits per heavy atom. The van der Waals surface area contributed by atoms with Crippen LogP contribution in [0.4, 0.5) is 0 Å². The van der Waals surface area contributed by atoms with Crippen LogP contribution in [0.1, 0.15) is 31.0 Å². The Bertz CT molecular complexity index is 437. The van der Waals surface area contributed by atoms with Crippen LogP contribution in [0.2, 0.25) is 0 Å². The molecule has 3 atom stereocenters. The first-order chi connectivity index (χ1) is 9.31. The van der Waals surface area contributed by atoms with Crippen molar-refractivity contribution in [2.24, 2.45) is 11.8 Å². The van der Waals surface area contributed by atoms with Gasteiger partial charge in [-0.15, -0.1) is 0 Å². The Morgan fingerprint density at radius 2 is 2.32 bits per heavy atom. The summed E-state index contributed by atoms with van der Waals surface area (Å²) in [5.41, 5.74) is 2.55. The highest BCUT2D eigenvalue weighted by Crippen LogP contribution is 2.36. The van der Waals surface area contributed by atoms with E-state index in [4.69, 9.17) is 0 Å². The number of nitrogens with zero attached hydrogens (tertiary/aromatic N) is 3. The zero-order chi connectivity index (χ0) is 13.2. The average molecular weight is 261 g/mol. The quantitative estimate of drug-likeness (QED) is 0.890. The van der Waals surface area contributed by atoms with Gasteiger partial charge in [-0.2, -0.15) is 0 Å². The van der Waals surface area contributed by atoms with E-state index in [-0.39, 0.29) is 0 Å². The van der Waals surface area contributed by atoms with E-state index < -0.39 is 0 Å². The normalized spacial score (nSPS) is 30.7. The van der Waals surface area contributed by atoms with Crippen LogP contribution < -0.4 is 0 Å². The van der Waals surface area contributed by atoms with E-state index in [1.807, 2.05) is 6.20 Å². The first-order valence-electron chi connectivity index (χ1n) is 7.44. The number of piperidine rings is 1. The van der Waals surface area contributed by atoms with Gasteiger partial charge in [-0.05, 0) is 49.6 Å². The number of aliphatic hydroxyl groups is 1. The highest BCUT2D eigenvalue weighted by atomic mass is 16.3. The first-order valence-corrected chi connectivity index (χ1v) is 7.44. The number of aliphatic hydroxyl groups excluding tert-OH is 1. The fourth-order valence-electron chi connectivity index (χ4n) is 3.83. The van der Waals surface area contributed by atoms with Gasteiger partial charge in [0.15, 0.2) is 0 Å². The van der Waals surface area contributed by atoms with Gasteiger partial charge in [0.05, 0.1) is 0 Å². The van der Waals surface area contributed by atoms with E-state index in [0.717, 1.165) is 32.4 Å². The summed E-state index contributed by atoms with van der Waals surface area (Å²) in [4.78, 5) is 11.2. The van der Waals surface area contributed by atoms with Crippen molar-refractivity contribution in [3.63, 3.8) is 0 Å². The zero-order valence-electron chi connectivity index (χ0n) is 11.6. The molecule has 0 amide bonds. The summed E-state index contributed by atoms with van der Waals surface area (Å²) in [6.07, 6.45) is 8.11. The molecule has 1 aromatic heterocycles. The lowest BCUT2D eigenvalue weighted by molar-refractivity contribution is 0.0267. The van der Waals surface area contributed by atoms with Crippen LogP contribution in [0.25, 0.3) is 0 Å². The van der Waals surface area contributed by atoms with E-state index in [2.05, 4.69) is 21.8 Å². The van der Waals surface area contributed by atoms with Crippen LogP contribution in [0.3, 0.4) is 0 Å². The molecule has 1 N–H and O–H groups in total. The topological polar surface area (TPSA) is 49.2 Å². The third kappa shape index (κ3) is 2.51. The number of aromatic nitrogens is 2. The van der Waals surface area contributed by atoms with Crippen molar-refractivity contribution in [3.8, 4) is 0 Å². The molecular weight excluding hydrogens is 238 g/mol. The van der Waals surface area contributed by atoms with Gasteiger partial charge in [0.25, 0.3) is 0 Å². The second-order valence-corrected chi connectivity index (χ2v) is 6.01. The molecule has 3 rings (SSSR count). The van der Waals surface area contributed by atoms with Crippen LogP contribution in [0, 0.1) is 11.8 Å². The van der Waals surface area contributed by atoms with E-state index in [1.54, 1.807) is 6.33 Å². The predicted molar refractivity (Wildman–Crippen MR) is 73.8 cm³/mol. The Labute approximate surface area is 114 Å². The third-order valence-electron chi connectivity index (χ3n) is 4.68. The minimum absolute atomic E-state index is 0.320. The Hall–Kier alpha value is -1.00. The van der Waals surface area contributed by atoms with Gasteiger partial charge < -0.3 is 5.11 Å². The molecule has 2 aliphatic rings. The van der Waals surface area contributed by atoms with Crippen molar-refractivity contribution in [2.75, 3.05) is 19.7 Å². The second kappa shape index (κ2) is 5.55. The standard InChI is InChI=1S/C15H23N3O/c1-2-3-18-8-11(9-19)4-12-5-14-13(6-15(12)18)7-16-10-17-14/h7,10-12,15,19H,2-6,8-9H2,1H3/t11-,12+,15+/m1/s1. The second-order valence-electron chi connectivity index (χ2n) is 6.01. The molecule has 0 unspecified atom stereocenters. The predicted octanol–water partition coefficient (Wildman–Crippen LogP) is 1.28. The van der Waals surface area contributed by atoms with E-state index in [0.29, 0.717) is 24.5 Å². The van der Waals surface area contributed by atoms with Crippen molar-refractivity contribution in [2.45, 2.75) is 38.6 Å². The molecule has 1 aliphatic carbocycles. The van der Waals surface area contributed by atoms with E-state index in [1.165, 1.54) is 17.7 Å². The van der Waals surface area contributed by atoms with Crippen LogP contribution in [-0.2, 0) is 12.8 Å². The lowest BCUT2D eigenvalue weighted by atomic mass is 9.74. The summed E-state index contributed by atoms with van der Waals surface area (Å²) >= 11 is 0. The van der Waals surface area contributed by atoms with Crippen LogP contribution in [0.15, 0.2) is 12.5 Å². The van der Waals surface area contributed by atoms with Crippen molar-refractivity contribution in [1.82, 2.24) is 14.9 Å². The van der Waals surface area contributed by atoms with Gasteiger partial charge in [0.1, 0.15) is 6.33 Å². The fourth-order valence-corrected chi connectivity index (χ4v) is 3.83. The van der Waals surface area contributed by atoms with Crippen molar-refractivity contribution >= 4 is 0 Å². The summed E-state index contributed by atoms with van der Waals surface area (Å²) in [6, 6.07) is 0.626. The summed E-state index contributed by atoms with van der Waals surface area (Å²) in [7, 11) is 0. The van der Waals surface area contributed by atoms with Crippen molar-refractivity contribution in [1.29, 1.82) is 0 Å². The highest BCUT2D eigenvalue weighted by molar-refractivity contribution is 5.23. The molecule has 1 aromatic rings. The number of rotatable bonds is 3. The molecule has 4 nitrogen and oxygen atoms in total. The highest BCUT2D eigenvalue weighted by Gasteiger charge is 2.38. The molecule has 1 fully saturated rings. The lowest BCUT2D eigenvalue weighted by Crippen LogP contribution is -2.53. The SMILES string of the molecule is CCCN1C[C@H](CO)C[C@H]2Cc3ncncc3C[C@@H]21. The molecule has 0 spiro atoms. The smallest absolute Gasteiger partial charge is 0.115 e. The maximum Gasteiger partial charge on any atom is 0.115 e. The van der Waals surface area contributed by atoms with Gasteiger partial charge in [-0.3, -0.25) is 4.90 Å². The third-order valence-corrected chi connectivity index (χ3v) is 4.68. The molecule has 1 saturated heterocycles. The number of likely N-dealkylation sites (tertiary alicyclic amines) is 1. The molecule has 4 heteroatoms. The van der Waals surface area contributed by atoms with Gasteiger partial charge in [-0.25, -0.2) is 9.97 Å². The number of hydrogen-bond donors (Lipinski definition) is 1. The van der Waals surface area contributed by atoms with Gasteiger partial charge in [0, 0.05) is 31.1 Å². The summed E-state index contributed by atoms with van der Waals surface area (Å²) in [5.74, 6) is 1.09. The van der Waals surface area contributed by atoms with Crippen molar-refractivity contribution < 1.29 is 5.11 Å². The summed E-state index contributed by atoms with van der Waals surface area (Å²) < 4.78 is 0. The van der Waals surface area contributed by atoms with E-state index >= 15 is 0 Å². The minimum Gasteiger partial charge on any atom is -0.396 e. The Kier molecular flexibility index (Phi) is 3.80. The molecule has 2 heterocycles. The zero-order valence-corrected chi connectivity index (χ0v) is 11.6. The molecule has 19 heavy (non-hydrogen) atoms. The van der Waals surface area contributed by atoms with Gasteiger partial charge in [-0.1, -0.05) is 6.92 Å². The van der Waals surface area contributed by atoms with E-state index in [9.17, 15) is 5.11 Å². The van der Waals surface area contributed by atoms with Crippen LogP contribution >= 0.6 is 0 Å². The molecule has 0 saturated carbocycles. The summed E-state index contributed by atoms with van der Waals surface area (Å²) in [5, 5.41) is 9.51. The Balaban J connectivity index is 1.84. The molecule has 0 radical (unpaired) electrons. The monoisotopic (exact) mass is 261 g/mol. The number of hydrogen-bond acceptors (Lipinski definition) is 4. The fraction of sp³-hybridized carbons (Fsp3) is 0.733. The Morgan fingerprint density at radius 1 is 1.42 bits per heavy atom.